The van der Waals surface area contributed by atoms with Crippen LogP contribution in [0.5, 0.6) is 0 Å². The molecule has 2 atom stereocenters. The van der Waals surface area contributed by atoms with Gasteiger partial charge in [0.15, 0.2) is 0 Å². The van der Waals surface area contributed by atoms with Gasteiger partial charge in [-0.05, 0) is 49.9 Å². The average molecular weight is 231 g/mol. The van der Waals surface area contributed by atoms with E-state index in [4.69, 9.17) is 0 Å². The van der Waals surface area contributed by atoms with Crippen LogP contribution in [-0.4, -0.2) is 13.6 Å². The van der Waals surface area contributed by atoms with Crippen LogP contribution in [0.3, 0.4) is 0 Å². The van der Waals surface area contributed by atoms with Crippen LogP contribution in [-0.2, 0) is 0 Å². The Labute approximate surface area is 106 Å². The predicted molar refractivity (Wildman–Crippen MR) is 77.0 cm³/mol. The van der Waals surface area contributed by atoms with Crippen molar-refractivity contribution >= 4 is 0 Å². The topological polar surface area (TPSA) is 12.0 Å². The second-order valence-electron chi connectivity index (χ2n) is 4.73. The molecule has 1 heteroatoms. The number of allylic oxidation sites excluding steroid dienone is 7. The molecule has 0 aromatic carbocycles. The zero-order valence-electron chi connectivity index (χ0n) is 11.5. The van der Waals surface area contributed by atoms with Crippen LogP contribution < -0.4 is 5.32 Å². The molecule has 0 aromatic heterocycles. The largest absolute Gasteiger partial charge is 0.319 e. The molecule has 1 nitrogen and oxygen atoms in total. The fourth-order valence-electron chi connectivity index (χ4n) is 2.11. The van der Waals surface area contributed by atoms with Gasteiger partial charge in [-0.3, -0.25) is 0 Å². The second-order valence-corrected chi connectivity index (χ2v) is 4.73. The molecule has 2 unspecified atom stereocenters. The van der Waals surface area contributed by atoms with Crippen LogP contribution in [0.1, 0.15) is 27.2 Å². The van der Waals surface area contributed by atoms with Gasteiger partial charge in [0, 0.05) is 0 Å². The van der Waals surface area contributed by atoms with Gasteiger partial charge in [-0.2, -0.15) is 0 Å². The number of hydrogen-bond acceptors (Lipinski definition) is 1. The quantitative estimate of drug-likeness (QED) is 0.708. The summed E-state index contributed by atoms with van der Waals surface area (Å²) in [7, 11) is 2.01. The Morgan fingerprint density at radius 3 is 2.71 bits per heavy atom. The molecule has 0 fully saturated rings. The van der Waals surface area contributed by atoms with Gasteiger partial charge in [0.25, 0.3) is 0 Å². The lowest BCUT2D eigenvalue weighted by atomic mass is 9.93. The van der Waals surface area contributed by atoms with Crippen LogP contribution in [0.15, 0.2) is 47.6 Å². The van der Waals surface area contributed by atoms with E-state index in [-0.39, 0.29) is 0 Å². The highest BCUT2D eigenvalue weighted by Gasteiger charge is 2.10. The molecule has 0 bridgehead atoms. The molecule has 0 saturated carbocycles. The summed E-state index contributed by atoms with van der Waals surface area (Å²) >= 11 is 0. The lowest BCUT2D eigenvalue weighted by Crippen LogP contribution is -2.09. The minimum Gasteiger partial charge on any atom is -0.319 e. The minimum absolute atomic E-state index is 0.498. The minimum atomic E-state index is 0.498. The molecule has 1 aliphatic carbocycles. The summed E-state index contributed by atoms with van der Waals surface area (Å²) in [6.07, 6.45) is 14.7. The summed E-state index contributed by atoms with van der Waals surface area (Å²) in [6.45, 7) is 7.62. The highest BCUT2D eigenvalue weighted by atomic mass is 14.8. The Morgan fingerprint density at radius 1 is 1.35 bits per heavy atom. The highest BCUT2D eigenvalue weighted by molar-refractivity contribution is 5.39. The second kappa shape index (κ2) is 7.29. The van der Waals surface area contributed by atoms with Gasteiger partial charge < -0.3 is 5.32 Å². The van der Waals surface area contributed by atoms with Crippen LogP contribution >= 0.6 is 0 Å². The summed E-state index contributed by atoms with van der Waals surface area (Å²) in [6, 6.07) is 0. The Hall–Kier alpha value is -1.08. The molecule has 1 N–H and O–H groups in total. The van der Waals surface area contributed by atoms with Gasteiger partial charge in [-0.15, -0.1) is 0 Å². The number of nitrogens with one attached hydrogen (secondary N) is 1. The van der Waals surface area contributed by atoms with E-state index in [0.29, 0.717) is 11.8 Å². The molecule has 0 aromatic rings. The van der Waals surface area contributed by atoms with Gasteiger partial charge in [-0.25, -0.2) is 0 Å². The normalized spacial score (nSPS) is 22.2. The lowest BCUT2D eigenvalue weighted by molar-refractivity contribution is 0.776. The molecule has 0 saturated heterocycles. The van der Waals surface area contributed by atoms with Crippen molar-refractivity contribution in [1.29, 1.82) is 0 Å². The molecule has 0 amide bonds. The van der Waals surface area contributed by atoms with Crippen molar-refractivity contribution in [2.24, 2.45) is 11.8 Å². The van der Waals surface area contributed by atoms with Gasteiger partial charge in [0.1, 0.15) is 0 Å². The van der Waals surface area contributed by atoms with E-state index in [1.807, 2.05) is 7.05 Å². The van der Waals surface area contributed by atoms with Crippen molar-refractivity contribution in [3.05, 3.63) is 47.6 Å². The van der Waals surface area contributed by atoms with Crippen LogP contribution in [0.25, 0.3) is 0 Å². The average Bonchev–Trinajstić information content (AvgIpc) is 2.49. The van der Waals surface area contributed by atoms with Crippen molar-refractivity contribution in [3.8, 4) is 0 Å². The maximum absolute atomic E-state index is 3.23. The predicted octanol–water partition coefficient (Wildman–Crippen LogP) is 3.87. The fraction of sp³-hybridized carbons (Fsp3) is 0.500. The van der Waals surface area contributed by atoms with Gasteiger partial charge in [-0.1, -0.05) is 50.3 Å². The van der Waals surface area contributed by atoms with Crippen molar-refractivity contribution in [3.63, 3.8) is 0 Å². The Kier molecular flexibility index (Phi) is 5.99. The molecule has 17 heavy (non-hydrogen) atoms. The first-order valence-corrected chi connectivity index (χ1v) is 6.56. The summed E-state index contributed by atoms with van der Waals surface area (Å²) in [5, 5.41) is 3.23. The summed E-state index contributed by atoms with van der Waals surface area (Å²) < 4.78 is 0. The summed E-state index contributed by atoms with van der Waals surface area (Å²) in [5.74, 6) is 1.04. The molecule has 0 heterocycles. The van der Waals surface area contributed by atoms with E-state index < -0.39 is 0 Å². The first-order valence-electron chi connectivity index (χ1n) is 6.56. The van der Waals surface area contributed by atoms with E-state index in [9.17, 15) is 0 Å². The monoisotopic (exact) mass is 231 g/mol. The molecular formula is C16H25N. The molecule has 0 radical (unpaired) electrons. The Bertz CT molecular complexity index is 345. The molecule has 94 valence electrons. The van der Waals surface area contributed by atoms with Crippen LogP contribution in [0.4, 0.5) is 0 Å². The van der Waals surface area contributed by atoms with E-state index >= 15 is 0 Å². The molecule has 1 rings (SSSR count). The third-order valence-electron chi connectivity index (χ3n) is 3.17. The van der Waals surface area contributed by atoms with Crippen LogP contribution in [0, 0.1) is 11.8 Å². The zero-order valence-corrected chi connectivity index (χ0v) is 11.5. The molecule has 0 spiro atoms. The summed E-state index contributed by atoms with van der Waals surface area (Å²) in [5.41, 5.74) is 2.92. The SMILES string of the molecule is C/C=C/C(C)C1=C(CCNC)C=CC(C)C=C1. The summed E-state index contributed by atoms with van der Waals surface area (Å²) in [4.78, 5) is 0. The first-order chi connectivity index (χ1) is 8.19. The van der Waals surface area contributed by atoms with Crippen molar-refractivity contribution in [2.75, 3.05) is 13.6 Å². The lowest BCUT2D eigenvalue weighted by Gasteiger charge is -2.13. The molecule has 0 aliphatic heterocycles. The zero-order chi connectivity index (χ0) is 12.7. The van der Waals surface area contributed by atoms with Gasteiger partial charge in [0.05, 0.1) is 0 Å². The van der Waals surface area contributed by atoms with E-state index in [0.717, 1.165) is 13.0 Å². The molecule has 1 aliphatic rings. The maximum atomic E-state index is 3.23. The van der Waals surface area contributed by atoms with E-state index in [1.54, 1.807) is 0 Å². The van der Waals surface area contributed by atoms with E-state index in [1.165, 1.54) is 11.1 Å². The van der Waals surface area contributed by atoms with E-state index in [2.05, 4.69) is 62.5 Å². The third-order valence-corrected chi connectivity index (χ3v) is 3.17. The van der Waals surface area contributed by atoms with Crippen molar-refractivity contribution < 1.29 is 0 Å². The van der Waals surface area contributed by atoms with Gasteiger partial charge in [0.2, 0.25) is 0 Å². The van der Waals surface area contributed by atoms with Crippen LogP contribution in [0.2, 0.25) is 0 Å². The smallest absolute Gasteiger partial charge is 0.000792 e. The van der Waals surface area contributed by atoms with Crippen molar-refractivity contribution in [1.82, 2.24) is 5.32 Å². The first kappa shape index (κ1) is 14.0. The van der Waals surface area contributed by atoms with Gasteiger partial charge >= 0.3 is 0 Å². The van der Waals surface area contributed by atoms with Crippen molar-refractivity contribution in [2.45, 2.75) is 27.2 Å². The third kappa shape index (κ3) is 4.35. The fourth-order valence-corrected chi connectivity index (χ4v) is 2.11. The maximum Gasteiger partial charge on any atom is -0.000792 e. The number of rotatable bonds is 5. The Morgan fingerprint density at radius 2 is 2.06 bits per heavy atom. The number of hydrogen-bond donors (Lipinski definition) is 1. The molecular weight excluding hydrogens is 206 g/mol. The highest BCUT2D eigenvalue weighted by Crippen LogP contribution is 2.25. The standard InChI is InChI=1S/C16H25N/c1-5-6-14(3)16-10-8-13(2)7-9-15(16)11-12-17-4/h5-10,13-14,17H,11-12H2,1-4H3/b6-5+. The Balaban J connectivity index is 2.98.